The Balaban J connectivity index is 2.57. The van der Waals surface area contributed by atoms with Gasteiger partial charge in [0.1, 0.15) is 0 Å². The van der Waals surface area contributed by atoms with Crippen LogP contribution in [-0.4, -0.2) is 21.8 Å². The van der Waals surface area contributed by atoms with Gasteiger partial charge < -0.3 is 10.2 Å². The maximum Gasteiger partial charge on any atom is 0.335 e. The number of aromatic carboxylic acids is 1. The van der Waals surface area contributed by atoms with Crippen molar-refractivity contribution in [3.8, 4) is 0 Å². The van der Waals surface area contributed by atoms with Crippen LogP contribution in [0.1, 0.15) is 98.5 Å². The number of aliphatic hydroxyl groups is 1. The number of hydrogen-bond acceptors (Lipinski definition) is 2. The van der Waals surface area contributed by atoms with Gasteiger partial charge in [-0.2, -0.15) is 0 Å². The van der Waals surface area contributed by atoms with E-state index in [0.717, 1.165) is 35.1 Å². The highest BCUT2D eigenvalue weighted by atomic mass is 16.4. The highest BCUT2D eigenvalue weighted by Gasteiger charge is 2.32. The summed E-state index contributed by atoms with van der Waals surface area (Å²) in [4.78, 5) is 11.5. The fourth-order valence-corrected chi connectivity index (χ4v) is 4.77. The molecule has 2 N–H and O–H groups in total. The minimum atomic E-state index is -0.885. The first-order chi connectivity index (χ1) is 14.6. The average Bonchev–Trinajstić information content (AvgIpc) is 2.74. The highest BCUT2D eigenvalue weighted by molar-refractivity contribution is 5.89. The molecule has 3 heteroatoms. The normalized spacial score (nSPS) is 12.8. The summed E-state index contributed by atoms with van der Waals surface area (Å²) in [6.07, 6.45) is 5.23. The lowest BCUT2D eigenvalue weighted by atomic mass is 9.69. The molecule has 0 aliphatic heterocycles. The van der Waals surface area contributed by atoms with Crippen LogP contribution in [0.2, 0.25) is 0 Å². The maximum atomic E-state index is 11.5. The van der Waals surface area contributed by atoms with Crippen LogP contribution in [0.4, 0.5) is 0 Å². The molecule has 31 heavy (non-hydrogen) atoms. The van der Waals surface area contributed by atoms with Crippen LogP contribution in [0.25, 0.3) is 5.57 Å². The number of benzene rings is 2. The maximum absolute atomic E-state index is 11.5. The lowest BCUT2D eigenvalue weighted by Gasteiger charge is -2.34. The first kappa shape index (κ1) is 24.9. The van der Waals surface area contributed by atoms with Crippen molar-refractivity contribution in [3.05, 3.63) is 75.9 Å². The van der Waals surface area contributed by atoms with Crippen LogP contribution in [0.5, 0.6) is 0 Å². The van der Waals surface area contributed by atoms with Gasteiger partial charge in [-0.15, -0.1) is 0 Å². The summed E-state index contributed by atoms with van der Waals surface area (Å²) in [6, 6.07) is 12.4. The third kappa shape index (κ3) is 4.93. The van der Waals surface area contributed by atoms with Gasteiger partial charge >= 0.3 is 5.97 Å². The zero-order chi connectivity index (χ0) is 23.4. The van der Waals surface area contributed by atoms with E-state index in [1.807, 2.05) is 39.0 Å². The van der Waals surface area contributed by atoms with Crippen molar-refractivity contribution in [2.24, 2.45) is 0 Å². The highest BCUT2D eigenvalue weighted by Crippen LogP contribution is 2.40. The Bertz CT molecular complexity index is 960. The second-order valence-electron chi connectivity index (χ2n) is 8.79. The Hall–Kier alpha value is -2.39. The average molecular weight is 423 g/mol. The van der Waals surface area contributed by atoms with E-state index in [-0.39, 0.29) is 5.41 Å². The molecular formula is C28H38O3. The Morgan fingerprint density at radius 1 is 0.839 bits per heavy atom. The lowest BCUT2D eigenvalue weighted by molar-refractivity contribution is 0.0695. The molecular weight excluding hydrogens is 384 g/mol. The molecule has 0 aliphatic carbocycles. The van der Waals surface area contributed by atoms with Crippen LogP contribution in [0, 0.1) is 13.8 Å². The van der Waals surface area contributed by atoms with Gasteiger partial charge in [0.05, 0.1) is 11.2 Å². The van der Waals surface area contributed by atoms with E-state index in [9.17, 15) is 15.0 Å². The van der Waals surface area contributed by atoms with E-state index >= 15 is 0 Å². The molecule has 0 amide bonds. The smallest absolute Gasteiger partial charge is 0.335 e. The molecule has 0 heterocycles. The van der Waals surface area contributed by atoms with Gasteiger partial charge in [-0.05, 0) is 92.0 Å². The lowest BCUT2D eigenvalue weighted by Crippen LogP contribution is -2.27. The number of carboxylic acid groups (broad SMARTS) is 1. The van der Waals surface area contributed by atoms with Crippen LogP contribution in [-0.2, 0) is 5.41 Å². The summed E-state index contributed by atoms with van der Waals surface area (Å²) in [7, 11) is 0. The third-order valence-corrected chi connectivity index (χ3v) is 7.13. The second-order valence-corrected chi connectivity index (χ2v) is 8.79. The van der Waals surface area contributed by atoms with Crippen molar-refractivity contribution in [2.45, 2.75) is 85.2 Å². The van der Waals surface area contributed by atoms with E-state index in [4.69, 9.17) is 0 Å². The topological polar surface area (TPSA) is 57.5 Å². The molecule has 0 unspecified atom stereocenters. The molecule has 168 valence electrons. The third-order valence-electron chi connectivity index (χ3n) is 7.13. The largest absolute Gasteiger partial charge is 0.478 e. The van der Waals surface area contributed by atoms with E-state index in [0.29, 0.717) is 18.4 Å². The second kappa shape index (κ2) is 9.82. The number of aryl methyl sites for hydroxylation is 2. The standard InChI is InChI=1S/C28H38O3/c1-8-27(31,9-2)18-21(7)24-14-12-22(16-19(24)5)28(10-3,11-4)23-13-15-25(26(29)30)20(6)17-23/h12-18,31H,8-11H2,1-7H3,(H,29,30)/b21-18+. The molecule has 0 atom stereocenters. The summed E-state index contributed by atoms with van der Waals surface area (Å²) < 4.78 is 0. The van der Waals surface area contributed by atoms with Crippen molar-refractivity contribution >= 4 is 11.5 Å². The van der Waals surface area contributed by atoms with Crippen LogP contribution in [0.3, 0.4) is 0 Å². The van der Waals surface area contributed by atoms with E-state index in [2.05, 4.69) is 45.9 Å². The zero-order valence-electron chi connectivity index (χ0n) is 20.2. The predicted octanol–water partition coefficient (Wildman–Crippen LogP) is 7.06. The summed E-state index contributed by atoms with van der Waals surface area (Å²) in [5, 5.41) is 20.1. The molecule has 0 fully saturated rings. The molecule has 0 spiro atoms. The first-order valence-corrected chi connectivity index (χ1v) is 11.4. The number of allylic oxidation sites excluding steroid dienone is 1. The Morgan fingerprint density at radius 3 is 1.65 bits per heavy atom. The van der Waals surface area contributed by atoms with Crippen LogP contribution < -0.4 is 0 Å². The number of carbonyl (C=O) groups is 1. The number of hydrogen-bond donors (Lipinski definition) is 2. The van der Waals surface area contributed by atoms with Gasteiger partial charge in [-0.1, -0.05) is 58.0 Å². The molecule has 0 saturated carbocycles. The van der Waals surface area contributed by atoms with Crippen molar-refractivity contribution in [2.75, 3.05) is 0 Å². The predicted molar refractivity (Wildman–Crippen MR) is 130 cm³/mol. The van der Waals surface area contributed by atoms with E-state index < -0.39 is 11.6 Å². The van der Waals surface area contributed by atoms with Gasteiger partial charge in [-0.25, -0.2) is 4.79 Å². The zero-order valence-corrected chi connectivity index (χ0v) is 20.2. The van der Waals surface area contributed by atoms with E-state index in [1.165, 1.54) is 11.1 Å². The SMILES string of the molecule is CCC(O)(/C=C(\C)c1ccc(C(CC)(CC)c2ccc(C(=O)O)c(C)c2)cc1C)CC. The molecule has 0 saturated heterocycles. The summed E-state index contributed by atoms with van der Waals surface area (Å²) in [5.41, 5.74) is 6.05. The van der Waals surface area contributed by atoms with Gasteiger partial charge in [0, 0.05) is 5.41 Å². The Labute approximate surface area is 187 Å². The summed E-state index contributed by atoms with van der Waals surface area (Å²) in [5.74, 6) is -0.885. The van der Waals surface area contributed by atoms with Gasteiger partial charge in [0.2, 0.25) is 0 Å². The molecule has 0 bridgehead atoms. The molecule has 3 nitrogen and oxygen atoms in total. The number of rotatable bonds is 9. The quantitative estimate of drug-likeness (QED) is 0.455. The minimum absolute atomic E-state index is 0.170. The van der Waals surface area contributed by atoms with Gasteiger partial charge in [0.15, 0.2) is 0 Å². The fourth-order valence-electron chi connectivity index (χ4n) is 4.77. The Morgan fingerprint density at radius 2 is 1.29 bits per heavy atom. The van der Waals surface area contributed by atoms with Crippen molar-refractivity contribution in [1.29, 1.82) is 0 Å². The van der Waals surface area contributed by atoms with E-state index in [1.54, 1.807) is 6.07 Å². The van der Waals surface area contributed by atoms with Gasteiger partial charge in [0.25, 0.3) is 0 Å². The van der Waals surface area contributed by atoms with Crippen molar-refractivity contribution < 1.29 is 15.0 Å². The Kier molecular flexibility index (Phi) is 7.88. The van der Waals surface area contributed by atoms with Crippen molar-refractivity contribution in [1.82, 2.24) is 0 Å². The molecule has 2 rings (SSSR count). The fraction of sp³-hybridized carbons (Fsp3) is 0.464. The first-order valence-electron chi connectivity index (χ1n) is 11.4. The number of carboxylic acids is 1. The van der Waals surface area contributed by atoms with Crippen LogP contribution >= 0.6 is 0 Å². The summed E-state index contributed by atoms with van der Waals surface area (Å²) >= 11 is 0. The molecule has 0 radical (unpaired) electrons. The minimum Gasteiger partial charge on any atom is -0.478 e. The summed E-state index contributed by atoms with van der Waals surface area (Å²) in [6.45, 7) is 14.5. The monoisotopic (exact) mass is 422 g/mol. The molecule has 2 aromatic carbocycles. The van der Waals surface area contributed by atoms with Gasteiger partial charge in [-0.3, -0.25) is 0 Å². The molecule has 0 aliphatic rings. The molecule has 2 aromatic rings. The van der Waals surface area contributed by atoms with Crippen molar-refractivity contribution in [3.63, 3.8) is 0 Å². The van der Waals surface area contributed by atoms with Crippen LogP contribution in [0.15, 0.2) is 42.5 Å². The molecule has 0 aromatic heterocycles.